The molecule has 0 bridgehead atoms. The van der Waals surface area contributed by atoms with Crippen LogP contribution in [0.1, 0.15) is 36.2 Å². The maximum Gasteiger partial charge on any atom is 0.271 e. The Balaban J connectivity index is 2.11. The molecule has 1 amide bonds. The molecule has 0 heterocycles. The first-order chi connectivity index (χ1) is 11.9. The number of carbonyl (C=O) groups excluding carboxylic acids is 1. The van der Waals surface area contributed by atoms with Crippen molar-refractivity contribution in [2.24, 2.45) is 5.92 Å². The molecule has 0 aliphatic rings. The second-order valence-electron chi connectivity index (χ2n) is 6.27. The highest BCUT2D eigenvalue weighted by Crippen LogP contribution is 2.23. The fourth-order valence-electron chi connectivity index (χ4n) is 2.19. The first kappa shape index (κ1) is 18.4. The van der Waals surface area contributed by atoms with Crippen molar-refractivity contribution in [1.82, 2.24) is 0 Å². The first-order valence-electron chi connectivity index (χ1n) is 8.16. The van der Waals surface area contributed by atoms with E-state index >= 15 is 0 Å². The van der Waals surface area contributed by atoms with Crippen LogP contribution >= 0.6 is 0 Å². The van der Waals surface area contributed by atoms with Crippen LogP contribution in [0.3, 0.4) is 0 Å². The standard InChI is InChI=1S/C19H22N2O4/c1-13(2)9-10-25-17-6-4-5-15(11-17)19(22)20-18-12-16(21(23)24)8-7-14(18)3/h4-8,11-13H,9-10H2,1-3H3,(H,20,22). The molecule has 0 aliphatic heterocycles. The number of nitrogens with one attached hydrogen (secondary N) is 1. The molecule has 2 aromatic rings. The van der Waals surface area contributed by atoms with Crippen LogP contribution in [0.25, 0.3) is 0 Å². The molecule has 0 aliphatic carbocycles. The number of amides is 1. The molecule has 25 heavy (non-hydrogen) atoms. The molecule has 132 valence electrons. The number of hydrogen-bond donors (Lipinski definition) is 1. The van der Waals surface area contributed by atoms with Crippen LogP contribution in [0.4, 0.5) is 11.4 Å². The summed E-state index contributed by atoms with van der Waals surface area (Å²) >= 11 is 0. The highest BCUT2D eigenvalue weighted by Gasteiger charge is 2.13. The molecule has 0 aromatic heterocycles. The quantitative estimate of drug-likeness (QED) is 0.590. The van der Waals surface area contributed by atoms with Crippen molar-refractivity contribution in [2.45, 2.75) is 27.2 Å². The van der Waals surface area contributed by atoms with E-state index < -0.39 is 4.92 Å². The maximum absolute atomic E-state index is 12.4. The molecule has 6 nitrogen and oxygen atoms in total. The molecular weight excluding hydrogens is 320 g/mol. The van der Waals surface area contributed by atoms with Gasteiger partial charge in [0.15, 0.2) is 0 Å². The van der Waals surface area contributed by atoms with Crippen LogP contribution in [0.5, 0.6) is 5.75 Å². The molecule has 0 atom stereocenters. The third-order valence-corrected chi connectivity index (χ3v) is 3.74. The summed E-state index contributed by atoms with van der Waals surface area (Å²) in [6.45, 7) is 6.61. The van der Waals surface area contributed by atoms with Crippen molar-refractivity contribution in [3.05, 3.63) is 63.7 Å². The van der Waals surface area contributed by atoms with Crippen molar-refractivity contribution in [3.63, 3.8) is 0 Å². The summed E-state index contributed by atoms with van der Waals surface area (Å²) < 4.78 is 5.66. The van der Waals surface area contributed by atoms with E-state index in [4.69, 9.17) is 4.74 Å². The number of nitro groups is 1. The van der Waals surface area contributed by atoms with Gasteiger partial charge in [0.05, 0.1) is 17.2 Å². The van der Waals surface area contributed by atoms with Crippen LogP contribution in [0.2, 0.25) is 0 Å². The number of ether oxygens (including phenoxy) is 1. The minimum atomic E-state index is -0.488. The summed E-state index contributed by atoms with van der Waals surface area (Å²) in [6, 6.07) is 11.3. The molecule has 6 heteroatoms. The van der Waals surface area contributed by atoms with Gasteiger partial charge < -0.3 is 10.1 Å². The molecular formula is C19H22N2O4. The number of nitro benzene ring substituents is 1. The van der Waals surface area contributed by atoms with Gasteiger partial charge in [-0.1, -0.05) is 26.0 Å². The number of carbonyl (C=O) groups is 1. The Labute approximate surface area is 147 Å². The summed E-state index contributed by atoms with van der Waals surface area (Å²) in [5.74, 6) is 0.838. The van der Waals surface area contributed by atoms with Crippen molar-refractivity contribution >= 4 is 17.3 Å². The van der Waals surface area contributed by atoms with Crippen molar-refractivity contribution < 1.29 is 14.5 Å². The normalized spacial score (nSPS) is 10.6. The van der Waals surface area contributed by atoms with Crippen molar-refractivity contribution in [1.29, 1.82) is 0 Å². The van der Waals surface area contributed by atoms with E-state index in [9.17, 15) is 14.9 Å². The summed E-state index contributed by atoms with van der Waals surface area (Å²) in [6.07, 6.45) is 0.934. The minimum Gasteiger partial charge on any atom is -0.494 e. The van der Waals surface area contributed by atoms with Crippen LogP contribution < -0.4 is 10.1 Å². The van der Waals surface area contributed by atoms with Gasteiger partial charge in [0.25, 0.3) is 11.6 Å². The Morgan fingerprint density at radius 2 is 2.00 bits per heavy atom. The van der Waals surface area contributed by atoms with E-state index in [1.165, 1.54) is 12.1 Å². The number of nitrogens with zero attached hydrogens (tertiary/aromatic N) is 1. The van der Waals surface area contributed by atoms with Gasteiger partial charge in [0.2, 0.25) is 0 Å². The van der Waals surface area contributed by atoms with E-state index in [1.54, 1.807) is 37.3 Å². The van der Waals surface area contributed by atoms with Crippen molar-refractivity contribution in [3.8, 4) is 5.75 Å². The zero-order valence-corrected chi connectivity index (χ0v) is 14.6. The Morgan fingerprint density at radius 1 is 1.24 bits per heavy atom. The van der Waals surface area contributed by atoms with Gasteiger partial charge in [-0.3, -0.25) is 14.9 Å². The number of non-ortho nitro benzene ring substituents is 1. The zero-order chi connectivity index (χ0) is 18.4. The summed E-state index contributed by atoms with van der Waals surface area (Å²) in [5, 5.41) is 13.6. The van der Waals surface area contributed by atoms with Gasteiger partial charge >= 0.3 is 0 Å². The SMILES string of the molecule is Cc1ccc([N+](=O)[O-])cc1NC(=O)c1cccc(OCCC(C)C)c1. The number of hydrogen-bond acceptors (Lipinski definition) is 4. The molecule has 0 fully saturated rings. The number of benzene rings is 2. The minimum absolute atomic E-state index is 0.0633. The monoisotopic (exact) mass is 342 g/mol. The molecule has 2 rings (SSSR count). The van der Waals surface area contributed by atoms with E-state index in [-0.39, 0.29) is 11.6 Å². The Hall–Kier alpha value is -2.89. The van der Waals surface area contributed by atoms with Crippen LogP contribution in [0.15, 0.2) is 42.5 Å². The van der Waals surface area contributed by atoms with Crippen LogP contribution in [-0.2, 0) is 0 Å². The lowest BCUT2D eigenvalue weighted by molar-refractivity contribution is -0.384. The topological polar surface area (TPSA) is 81.5 Å². The molecule has 2 aromatic carbocycles. The highest BCUT2D eigenvalue weighted by atomic mass is 16.6. The highest BCUT2D eigenvalue weighted by molar-refractivity contribution is 6.05. The lowest BCUT2D eigenvalue weighted by Gasteiger charge is -2.11. The molecule has 0 radical (unpaired) electrons. The van der Waals surface area contributed by atoms with E-state index in [1.807, 2.05) is 0 Å². The number of aryl methyl sites for hydroxylation is 1. The molecule has 0 spiro atoms. The first-order valence-corrected chi connectivity index (χ1v) is 8.16. The second-order valence-corrected chi connectivity index (χ2v) is 6.27. The van der Waals surface area contributed by atoms with Gasteiger partial charge in [-0.25, -0.2) is 0 Å². The van der Waals surface area contributed by atoms with Crippen LogP contribution in [-0.4, -0.2) is 17.4 Å². The fraction of sp³-hybridized carbons (Fsp3) is 0.316. The number of anilines is 1. The van der Waals surface area contributed by atoms with Crippen molar-refractivity contribution in [2.75, 3.05) is 11.9 Å². The number of rotatable bonds is 7. The van der Waals surface area contributed by atoms with Crippen LogP contribution in [0, 0.1) is 23.0 Å². The molecule has 0 saturated heterocycles. The predicted octanol–water partition coefficient (Wildman–Crippen LogP) is 4.58. The van der Waals surface area contributed by atoms with Gasteiger partial charge in [0, 0.05) is 17.7 Å². The Kier molecular flexibility index (Phi) is 6.11. The summed E-state index contributed by atoms with van der Waals surface area (Å²) in [7, 11) is 0. The lowest BCUT2D eigenvalue weighted by Crippen LogP contribution is -2.13. The largest absolute Gasteiger partial charge is 0.494 e. The fourth-order valence-corrected chi connectivity index (χ4v) is 2.19. The lowest BCUT2D eigenvalue weighted by atomic mass is 10.1. The third-order valence-electron chi connectivity index (χ3n) is 3.74. The van der Waals surface area contributed by atoms with Gasteiger partial charge in [0.1, 0.15) is 5.75 Å². The van der Waals surface area contributed by atoms with Gasteiger partial charge in [-0.15, -0.1) is 0 Å². The Morgan fingerprint density at radius 3 is 2.68 bits per heavy atom. The van der Waals surface area contributed by atoms with Gasteiger partial charge in [-0.2, -0.15) is 0 Å². The van der Waals surface area contributed by atoms with E-state index in [0.29, 0.717) is 29.5 Å². The molecule has 0 unspecified atom stereocenters. The van der Waals surface area contributed by atoms with Gasteiger partial charge in [-0.05, 0) is 43.0 Å². The van der Waals surface area contributed by atoms with E-state index in [0.717, 1.165) is 12.0 Å². The van der Waals surface area contributed by atoms with E-state index in [2.05, 4.69) is 19.2 Å². The third kappa shape index (κ3) is 5.31. The average molecular weight is 342 g/mol. The smallest absolute Gasteiger partial charge is 0.271 e. The predicted molar refractivity (Wildman–Crippen MR) is 97.2 cm³/mol. The summed E-state index contributed by atoms with van der Waals surface area (Å²) in [5.41, 5.74) is 1.55. The Bertz CT molecular complexity index is 772. The second kappa shape index (κ2) is 8.28. The zero-order valence-electron chi connectivity index (χ0n) is 14.6. The summed E-state index contributed by atoms with van der Waals surface area (Å²) in [4.78, 5) is 22.8. The maximum atomic E-state index is 12.4. The average Bonchev–Trinajstić information content (AvgIpc) is 2.56. The molecule has 1 N–H and O–H groups in total. The molecule has 0 saturated carbocycles.